The van der Waals surface area contributed by atoms with Crippen LogP contribution in [0.5, 0.6) is 0 Å². The first-order valence-electron chi connectivity index (χ1n) is 8.74. The fourth-order valence-corrected chi connectivity index (χ4v) is 4.55. The van der Waals surface area contributed by atoms with Crippen molar-refractivity contribution in [2.45, 2.75) is 58.0 Å². The molecule has 0 spiro atoms. The summed E-state index contributed by atoms with van der Waals surface area (Å²) in [5.74, 6) is 0.741. The van der Waals surface area contributed by atoms with Gasteiger partial charge in [0.1, 0.15) is 0 Å². The number of imidazole rings is 1. The molecule has 2 aliphatic rings. The van der Waals surface area contributed by atoms with Crippen LogP contribution in [0.1, 0.15) is 52.1 Å². The number of piperidine rings is 1. The van der Waals surface area contributed by atoms with Crippen molar-refractivity contribution in [1.29, 1.82) is 0 Å². The van der Waals surface area contributed by atoms with Gasteiger partial charge in [0, 0.05) is 25.1 Å². The van der Waals surface area contributed by atoms with Crippen molar-refractivity contribution in [2.75, 3.05) is 24.6 Å². The molecule has 5 nitrogen and oxygen atoms in total. The van der Waals surface area contributed by atoms with E-state index in [2.05, 4.69) is 31.9 Å². The number of rotatable bonds is 2. The fourth-order valence-electron chi connectivity index (χ4n) is 3.62. The molecular formula is C17H26N4OS. The van der Waals surface area contributed by atoms with Gasteiger partial charge in [0.05, 0.1) is 18.0 Å². The average molecular weight is 334 g/mol. The lowest BCUT2D eigenvalue weighted by Crippen LogP contribution is -2.37. The maximum absolute atomic E-state index is 5.87. The van der Waals surface area contributed by atoms with Gasteiger partial charge in [-0.25, -0.2) is 9.50 Å². The molecule has 2 saturated heterocycles. The highest BCUT2D eigenvalue weighted by molar-refractivity contribution is 7.20. The van der Waals surface area contributed by atoms with E-state index >= 15 is 0 Å². The van der Waals surface area contributed by atoms with Crippen LogP contribution in [-0.4, -0.2) is 40.4 Å². The van der Waals surface area contributed by atoms with Gasteiger partial charge in [0.25, 0.3) is 0 Å². The average Bonchev–Trinajstić information content (AvgIpc) is 3.22. The number of nitrogens with zero attached hydrogens (tertiary/aromatic N) is 4. The highest BCUT2D eigenvalue weighted by Crippen LogP contribution is 2.33. The third kappa shape index (κ3) is 2.98. The van der Waals surface area contributed by atoms with Crippen LogP contribution < -0.4 is 4.90 Å². The standard InChI is InChI=1S/C17H26N4OS/c1-17(2,3)14-11-21-15(18-14)23-16(19-21)20-8-6-12(7-9-20)13-5-4-10-22-13/h11-13H,4-10H2,1-3H3. The Morgan fingerprint density at radius 3 is 2.61 bits per heavy atom. The second-order valence-corrected chi connectivity index (χ2v) is 8.80. The van der Waals surface area contributed by atoms with E-state index in [1.54, 1.807) is 11.3 Å². The van der Waals surface area contributed by atoms with Crippen LogP contribution in [0.25, 0.3) is 4.96 Å². The third-order valence-electron chi connectivity index (χ3n) is 5.10. The van der Waals surface area contributed by atoms with Crippen molar-refractivity contribution in [2.24, 2.45) is 5.92 Å². The maximum Gasteiger partial charge on any atom is 0.214 e. The molecule has 0 aromatic carbocycles. The Morgan fingerprint density at radius 2 is 2.00 bits per heavy atom. The molecule has 2 aliphatic heterocycles. The molecule has 1 unspecified atom stereocenters. The predicted octanol–water partition coefficient (Wildman–Crippen LogP) is 3.48. The Hall–Kier alpha value is -1.14. The van der Waals surface area contributed by atoms with Gasteiger partial charge in [-0.15, -0.1) is 5.10 Å². The Morgan fingerprint density at radius 1 is 1.22 bits per heavy atom. The Balaban J connectivity index is 1.44. The summed E-state index contributed by atoms with van der Waals surface area (Å²) < 4.78 is 7.82. The highest BCUT2D eigenvalue weighted by atomic mass is 32.1. The second-order valence-electron chi connectivity index (χ2n) is 7.86. The first-order valence-corrected chi connectivity index (χ1v) is 9.55. The summed E-state index contributed by atoms with van der Waals surface area (Å²) in [5.41, 5.74) is 1.19. The van der Waals surface area contributed by atoms with Gasteiger partial charge in [0.15, 0.2) is 0 Å². The fraction of sp³-hybridized carbons (Fsp3) is 0.765. The molecule has 6 heteroatoms. The predicted molar refractivity (Wildman–Crippen MR) is 93.5 cm³/mol. The quantitative estimate of drug-likeness (QED) is 0.843. The van der Waals surface area contributed by atoms with Gasteiger partial charge in [-0.3, -0.25) is 0 Å². The molecule has 4 rings (SSSR count). The SMILES string of the molecule is CC(C)(C)c1cn2nc(N3CCC(C4CCCO4)CC3)sc2n1. The van der Waals surface area contributed by atoms with Gasteiger partial charge in [-0.05, 0) is 31.6 Å². The summed E-state index contributed by atoms with van der Waals surface area (Å²) in [6.07, 6.45) is 7.53. The monoisotopic (exact) mass is 334 g/mol. The number of hydrogen-bond donors (Lipinski definition) is 0. The van der Waals surface area contributed by atoms with Gasteiger partial charge in [-0.2, -0.15) is 0 Å². The van der Waals surface area contributed by atoms with Crippen molar-refractivity contribution in [3.8, 4) is 0 Å². The van der Waals surface area contributed by atoms with Crippen molar-refractivity contribution in [3.05, 3.63) is 11.9 Å². The van der Waals surface area contributed by atoms with E-state index in [9.17, 15) is 0 Å². The first kappa shape index (κ1) is 15.4. The number of ether oxygens (including phenoxy) is 1. The van der Waals surface area contributed by atoms with Crippen molar-refractivity contribution in [3.63, 3.8) is 0 Å². The molecule has 0 N–H and O–H groups in total. The van der Waals surface area contributed by atoms with E-state index in [0.29, 0.717) is 6.10 Å². The summed E-state index contributed by atoms with van der Waals surface area (Å²) >= 11 is 1.71. The molecule has 2 aromatic heterocycles. The molecule has 0 radical (unpaired) electrons. The normalized spacial score (nSPS) is 24.0. The summed E-state index contributed by atoms with van der Waals surface area (Å²) in [6, 6.07) is 0. The second kappa shape index (κ2) is 5.74. The molecule has 0 saturated carbocycles. The largest absolute Gasteiger partial charge is 0.378 e. The minimum absolute atomic E-state index is 0.0766. The van der Waals surface area contributed by atoms with E-state index in [1.165, 1.54) is 25.7 Å². The molecule has 1 atom stereocenters. The lowest BCUT2D eigenvalue weighted by atomic mass is 9.90. The molecule has 0 amide bonds. The van der Waals surface area contributed by atoms with E-state index in [0.717, 1.165) is 41.4 Å². The number of fused-ring (bicyclic) bond motifs is 1. The van der Waals surface area contributed by atoms with Crippen molar-refractivity contribution < 1.29 is 4.74 Å². The van der Waals surface area contributed by atoms with Gasteiger partial charge in [0.2, 0.25) is 10.1 Å². The van der Waals surface area contributed by atoms with Crippen LogP contribution in [0.15, 0.2) is 6.20 Å². The molecule has 2 fully saturated rings. The van der Waals surface area contributed by atoms with Crippen molar-refractivity contribution >= 4 is 21.4 Å². The number of anilines is 1. The summed E-state index contributed by atoms with van der Waals surface area (Å²) in [6.45, 7) is 9.72. The van der Waals surface area contributed by atoms with Crippen LogP contribution in [0.4, 0.5) is 5.13 Å². The van der Waals surface area contributed by atoms with Crippen LogP contribution in [-0.2, 0) is 10.2 Å². The number of aromatic nitrogens is 3. The Labute approximate surface area is 141 Å². The number of hydrogen-bond acceptors (Lipinski definition) is 5. The van der Waals surface area contributed by atoms with Gasteiger partial charge >= 0.3 is 0 Å². The topological polar surface area (TPSA) is 42.7 Å². The van der Waals surface area contributed by atoms with Crippen LogP contribution in [0.2, 0.25) is 0 Å². The molecule has 2 aromatic rings. The Bertz CT molecular complexity index is 641. The van der Waals surface area contributed by atoms with E-state index < -0.39 is 0 Å². The summed E-state index contributed by atoms with van der Waals surface area (Å²) in [5, 5.41) is 5.87. The zero-order valence-electron chi connectivity index (χ0n) is 14.3. The summed E-state index contributed by atoms with van der Waals surface area (Å²) in [4.78, 5) is 8.17. The van der Waals surface area contributed by atoms with E-state index in [-0.39, 0.29) is 5.41 Å². The van der Waals surface area contributed by atoms with Gasteiger partial charge < -0.3 is 9.64 Å². The zero-order chi connectivity index (χ0) is 16.0. The Kier molecular flexibility index (Phi) is 3.84. The minimum atomic E-state index is 0.0766. The lowest BCUT2D eigenvalue weighted by Gasteiger charge is -2.33. The molecule has 0 aliphatic carbocycles. The first-order chi connectivity index (χ1) is 11.0. The zero-order valence-corrected chi connectivity index (χ0v) is 15.1. The third-order valence-corrected chi connectivity index (χ3v) is 6.09. The smallest absolute Gasteiger partial charge is 0.214 e. The van der Waals surface area contributed by atoms with Crippen LogP contribution in [0, 0.1) is 5.92 Å². The van der Waals surface area contributed by atoms with E-state index in [1.807, 2.05) is 4.52 Å². The molecule has 23 heavy (non-hydrogen) atoms. The summed E-state index contributed by atoms with van der Waals surface area (Å²) in [7, 11) is 0. The molecular weight excluding hydrogens is 308 g/mol. The highest BCUT2D eigenvalue weighted by Gasteiger charge is 2.30. The maximum atomic E-state index is 5.87. The molecule has 4 heterocycles. The molecule has 0 bridgehead atoms. The van der Waals surface area contributed by atoms with E-state index in [4.69, 9.17) is 14.8 Å². The molecule has 126 valence electrons. The van der Waals surface area contributed by atoms with Crippen molar-refractivity contribution in [1.82, 2.24) is 14.6 Å². The lowest BCUT2D eigenvalue weighted by molar-refractivity contribution is 0.0531. The van der Waals surface area contributed by atoms with Gasteiger partial charge in [-0.1, -0.05) is 32.1 Å². The van der Waals surface area contributed by atoms with Crippen LogP contribution in [0.3, 0.4) is 0 Å². The minimum Gasteiger partial charge on any atom is -0.378 e. The van der Waals surface area contributed by atoms with Crippen LogP contribution >= 0.6 is 11.3 Å².